The number of fused-ring (bicyclic) bond motifs is 3. The first-order valence-electron chi connectivity index (χ1n) is 13.3. The van der Waals surface area contributed by atoms with Crippen LogP contribution < -0.4 is 9.47 Å². The van der Waals surface area contributed by atoms with Gasteiger partial charge in [-0.2, -0.15) is 0 Å². The fraction of sp³-hybridized carbons (Fsp3) is 0.171. The van der Waals surface area contributed by atoms with Crippen LogP contribution in [0.5, 0.6) is 11.5 Å². The summed E-state index contributed by atoms with van der Waals surface area (Å²) < 4.78 is 10.9. The van der Waals surface area contributed by atoms with E-state index in [0.717, 1.165) is 83.8 Å². The van der Waals surface area contributed by atoms with E-state index in [1.165, 1.54) is 5.56 Å². The van der Waals surface area contributed by atoms with Gasteiger partial charge in [-0.1, -0.05) is 30.3 Å². The number of aromatic nitrogens is 3. The van der Waals surface area contributed by atoms with Gasteiger partial charge in [-0.15, -0.1) is 0 Å². The highest BCUT2D eigenvalue weighted by Crippen LogP contribution is 2.34. The first-order valence-corrected chi connectivity index (χ1v) is 13.3. The third-order valence-corrected chi connectivity index (χ3v) is 7.57. The third kappa shape index (κ3) is 4.43. The molecule has 6 rings (SSSR count). The van der Waals surface area contributed by atoms with Crippen LogP contribution in [0.15, 0.2) is 79.0 Å². The maximum Gasteiger partial charge on any atom is 0.119 e. The Hall–Kier alpha value is -4.77. The molecule has 3 aromatic carbocycles. The lowest BCUT2D eigenvalue weighted by molar-refractivity contribution is 0.414. The van der Waals surface area contributed by atoms with Crippen LogP contribution in [0, 0.1) is 27.7 Å². The number of aryl methyl sites for hydroxylation is 4. The smallest absolute Gasteiger partial charge is 0.119 e. The summed E-state index contributed by atoms with van der Waals surface area (Å²) in [6.07, 6.45) is 1.93. The van der Waals surface area contributed by atoms with Crippen molar-refractivity contribution in [1.29, 1.82) is 0 Å². The van der Waals surface area contributed by atoms with Gasteiger partial charge in [0.2, 0.25) is 0 Å². The van der Waals surface area contributed by atoms with Crippen LogP contribution in [0.3, 0.4) is 0 Å². The van der Waals surface area contributed by atoms with Crippen LogP contribution in [0.2, 0.25) is 0 Å². The lowest BCUT2D eigenvalue weighted by Crippen LogP contribution is -1.96. The van der Waals surface area contributed by atoms with Gasteiger partial charge in [0.1, 0.15) is 11.5 Å². The van der Waals surface area contributed by atoms with Gasteiger partial charge < -0.3 is 9.47 Å². The number of hydrogen-bond donors (Lipinski definition) is 0. The average molecular weight is 526 g/mol. The molecular formula is C35H31N3O2. The molecule has 0 atom stereocenters. The Morgan fingerprint density at radius 2 is 0.950 bits per heavy atom. The second kappa shape index (κ2) is 10.1. The van der Waals surface area contributed by atoms with E-state index in [1.807, 2.05) is 18.3 Å². The zero-order valence-corrected chi connectivity index (χ0v) is 23.7. The van der Waals surface area contributed by atoms with E-state index < -0.39 is 0 Å². The molecule has 0 amide bonds. The fourth-order valence-corrected chi connectivity index (χ4v) is 5.69. The van der Waals surface area contributed by atoms with E-state index in [9.17, 15) is 0 Å². The second-order valence-corrected chi connectivity index (χ2v) is 10.3. The predicted octanol–water partition coefficient (Wildman–Crippen LogP) is 8.43. The molecule has 0 unspecified atom stereocenters. The van der Waals surface area contributed by atoms with Gasteiger partial charge in [0.05, 0.1) is 42.3 Å². The molecule has 0 bridgehead atoms. The van der Waals surface area contributed by atoms with Crippen LogP contribution in [0.1, 0.15) is 22.3 Å². The Kier molecular flexibility index (Phi) is 6.43. The molecule has 0 saturated heterocycles. The first-order chi connectivity index (χ1) is 19.4. The van der Waals surface area contributed by atoms with Crippen molar-refractivity contribution in [3.63, 3.8) is 0 Å². The molecule has 0 radical (unpaired) electrons. The standard InChI is InChI=1S/C35H31N3O2/c1-20-15-27(39-5)16-21(2)32(20)26-11-12-29(36-19-26)30-13-9-24-7-8-25-10-14-31(38-35(25)34(24)37-30)33-22(3)17-28(40-6)18-23(33)4/h7-19H,1-6H3. The highest BCUT2D eigenvalue weighted by molar-refractivity contribution is 6.04. The summed E-state index contributed by atoms with van der Waals surface area (Å²) >= 11 is 0. The summed E-state index contributed by atoms with van der Waals surface area (Å²) in [5.74, 6) is 1.72. The van der Waals surface area contributed by atoms with Gasteiger partial charge in [0.15, 0.2) is 0 Å². The summed E-state index contributed by atoms with van der Waals surface area (Å²) in [5.41, 5.74) is 12.3. The number of ether oxygens (including phenoxy) is 2. The summed E-state index contributed by atoms with van der Waals surface area (Å²) in [7, 11) is 3.39. The van der Waals surface area contributed by atoms with E-state index in [0.29, 0.717) is 0 Å². The van der Waals surface area contributed by atoms with Crippen LogP contribution in [0.25, 0.3) is 55.6 Å². The van der Waals surface area contributed by atoms with Gasteiger partial charge in [-0.05, 0) is 98.0 Å². The van der Waals surface area contributed by atoms with E-state index in [4.69, 9.17) is 24.4 Å². The van der Waals surface area contributed by atoms with Crippen molar-refractivity contribution in [3.05, 3.63) is 101 Å². The predicted molar refractivity (Wildman–Crippen MR) is 163 cm³/mol. The van der Waals surface area contributed by atoms with Gasteiger partial charge in [-0.25, -0.2) is 9.97 Å². The summed E-state index contributed by atoms with van der Waals surface area (Å²) in [5, 5.41) is 2.10. The maximum atomic E-state index is 5.46. The number of methoxy groups -OCH3 is 2. The summed E-state index contributed by atoms with van der Waals surface area (Å²) in [6, 6.07) is 24.9. The number of nitrogens with zero attached hydrogens (tertiary/aromatic N) is 3. The summed E-state index contributed by atoms with van der Waals surface area (Å²) in [4.78, 5) is 15.0. The Bertz CT molecular complexity index is 1860. The second-order valence-electron chi connectivity index (χ2n) is 10.3. The Balaban J connectivity index is 1.43. The molecule has 40 heavy (non-hydrogen) atoms. The number of benzene rings is 3. The lowest BCUT2D eigenvalue weighted by atomic mass is 9.96. The minimum Gasteiger partial charge on any atom is -0.497 e. The highest BCUT2D eigenvalue weighted by atomic mass is 16.5. The fourth-order valence-electron chi connectivity index (χ4n) is 5.69. The van der Waals surface area contributed by atoms with Crippen LogP contribution in [-0.4, -0.2) is 29.2 Å². The topological polar surface area (TPSA) is 57.1 Å². The molecule has 0 aliphatic heterocycles. The van der Waals surface area contributed by atoms with Crippen molar-refractivity contribution in [2.45, 2.75) is 27.7 Å². The van der Waals surface area contributed by atoms with Gasteiger partial charge in [0, 0.05) is 28.1 Å². The van der Waals surface area contributed by atoms with Crippen molar-refractivity contribution in [2.24, 2.45) is 0 Å². The van der Waals surface area contributed by atoms with E-state index in [2.05, 4.69) is 88.4 Å². The van der Waals surface area contributed by atoms with Gasteiger partial charge in [0.25, 0.3) is 0 Å². The van der Waals surface area contributed by atoms with Crippen molar-refractivity contribution >= 4 is 21.8 Å². The van der Waals surface area contributed by atoms with E-state index in [1.54, 1.807) is 14.2 Å². The normalized spacial score (nSPS) is 11.2. The Labute approximate surface area is 234 Å². The Morgan fingerprint density at radius 3 is 1.45 bits per heavy atom. The highest BCUT2D eigenvalue weighted by Gasteiger charge is 2.14. The zero-order chi connectivity index (χ0) is 28.0. The van der Waals surface area contributed by atoms with Crippen molar-refractivity contribution in [2.75, 3.05) is 14.2 Å². The van der Waals surface area contributed by atoms with Crippen molar-refractivity contribution in [3.8, 4) is 45.3 Å². The molecule has 0 saturated carbocycles. The molecule has 0 fully saturated rings. The maximum absolute atomic E-state index is 5.46. The zero-order valence-electron chi connectivity index (χ0n) is 23.7. The van der Waals surface area contributed by atoms with Crippen molar-refractivity contribution in [1.82, 2.24) is 15.0 Å². The average Bonchev–Trinajstić information content (AvgIpc) is 2.96. The van der Waals surface area contributed by atoms with Gasteiger partial charge in [-0.3, -0.25) is 4.98 Å². The van der Waals surface area contributed by atoms with Crippen molar-refractivity contribution < 1.29 is 9.47 Å². The quantitative estimate of drug-likeness (QED) is 0.211. The molecular weight excluding hydrogens is 494 g/mol. The Morgan fingerprint density at radius 1 is 0.500 bits per heavy atom. The molecule has 0 aliphatic rings. The van der Waals surface area contributed by atoms with E-state index >= 15 is 0 Å². The molecule has 0 aliphatic carbocycles. The number of rotatable bonds is 5. The van der Waals surface area contributed by atoms with E-state index in [-0.39, 0.29) is 0 Å². The number of pyridine rings is 3. The lowest BCUT2D eigenvalue weighted by Gasteiger charge is -2.13. The minimum atomic E-state index is 0.818. The molecule has 6 aromatic rings. The largest absolute Gasteiger partial charge is 0.497 e. The molecule has 0 spiro atoms. The monoisotopic (exact) mass is 525 g/mol. The van der Waals surface area contributed by atoms with Gasteiger partial charge >= 0.3 is 0 Å². The number of hydrogen-bond acceptors (Lipinski definition) is 5. The molecule has 3 aromatic heterocycles. The molecule has 0 N–H and O–H groups in total. The molecule has 198 valence electrons. The SMILES string of the molecule is COc1cc(C)c(-c2ccc(-c3ccc4ccc5ccc(-c6c(C)cc(OC)cc6C)nc5c4n3)nc2)c(C)c1. The third-order valence-electron chi connectivity index (χ3n) is 7.57. The summed E-state index contributed by atoms with van der Waals surface area (Å²) in [6.45, 7) is 8.40. The van der Waals surface area contributed by atoms with Crippen LogP contribution in [0.4, 0.5) is 0 Å². The minimum absolute atomic E-state index is 0.818. The molecule has 5 heteroatoms. The van der Waals surface area contributed by atoms with Crippen LogP contribution >= 0.6 is 0 Å². The molecule has 3 heterocycles. The van der Waals surface area contributed by atoms with Crippen LogP contribution in [-0.2, 0) is 0 Å². The first kappa shape index (κ1) is 25.5. The molecule has 5 nitrogen and oxygen atoms in total.